The molecular formula is C12H13BrO2. The van der Waals surface area contributed by atoms with Crippen LogP contribution in [0.2, 0.25) is 0 Å². The van der Waals surface area contributed by atoms with Gasteiger partial charge in [0, 0.05) is 4.47 Å². The first-order chi connectivity index (χ1) is 7.20. The topological polar surface area (TPSA) is 26.3 Å². The van der Waals surface area contributed by atoms with E-state index in [1.54, 1.807) is 0 Å². The van der Waals surface area contributed by atoms with E-state index in [4.69, 9.17) is 4.74 Å². The Bertz CT molecular complexity index is 352. The van der Waals surface area contributed by atoms with Crippen LogP contribution in [-0.2, 0) is 9.53 Å². The Balaban J connectivity index is 1.94. The van der Waals surface area contributed by atoms with Gasteiger partial charge in [0.2, 0.25) is 0 Å². The molecular weight excluding hydrogens is 256 g/mol. The molecule has 0 saturated heterocycles. The SMILES string of the molecule is COC(=O)C1CC(c2ccc(Br)cc2)C1. The van der Waals surface area contributed by atoms with Gasteiger partial charge < -0.3 is 4.74 Å². The molecule has 80 valence electrons. The molecule has 0 atom stereocenters. The first-order valence-corrected chi connectivity index (χ1v) is 5.83. The van der Waals surface area contributed by atoms with Gasteiger partial charge in [-0.3, -0.25) is 4.79 Å². The minimum Gasteiger partial charge on any atom is -0.469 e. The lowest BCUT2D eigenvalue weighted by molar-refractivity contribution is -0.148. The number of halogens is 1. The second kappa shape index (κ2) is 4.35. The van der Waals surface area contributed by atoms with Crippen LogP contribution in [0.4, 0.5) is 0 Å². The molecule has 0 radical (unpaired) electrons. The molecule has 0 heterocycles. The highest BCUT2D eigenvalue weighted by molar-refractivity contribution is 9.10. The Morgan fingerprint density at radius 2 is 1.93 bits per heavy atom. The summed E-state index contributed by atoms with van der Waals surface area (Å²) >= 11 is 3.41. The van der Waals surface area contributed by atoms with Gasteiger partial charge in [-0.15, -0.1) is 0 Å². The Morgan fingerprint density at radius 3 is 2.47 bits per heavy atom. The number of esters is 1. The number of hydrogen-bond donors (Lipinski definition) is 0. The minimum atomic E-state index is -0.0663. The van der Waals surface area contributed by atoms with E-state index in [-0.39, 0.29) is 11.9 Å². The lowest BCUT2D eigenvalue weighted by atomic mass is 9.71. The fraction of sp³-hybridized carbons (Fsp3) is 0.417. The third kappa shape index (κ3) is 2.23. The van der Waals surface area contributed by atoms with Gasteiger partial charge in [-0.2, -0.15) is 0 Å². The fourth-order valence-electron chi connectivity index (χ4n) is 1.98. The molecule has 0 N–H and O–H groups in total. The molecule has 1 aromatic carbocycles. The van der Waals surface area contributed by atoms with Crippen molar-refractivity contribution < 1.29 is 9.53 Å². The molecule has 0 bridgehead atoms. The maximum Gasteiger partial charge on any atom is 0.308 e. The van der Waals surface area contributed by atoms with Gasteiger partial charge in [0.05, 0.1) is 13.0 Å². The summed E-state index contributed by atoms with van der Waals surface area (Å²) in [6.07, 6.45) is 1.85. The van der Waals surface area contributed by atoms with Crippen LogP contribution in [-0.4, -0.2) is 13.1 Å². The molecule has 1 fully saturated rings. The van der Waals surface area contributed by atoms with E-state index in [1.807, 2.05) is 12.1 Å². The van der Waals surface area contributed by atoms with Crippen molar-refractivity contribution in [2.24, 2.45) is 5.92 Å². The van der Waals surface area contributed by atoms with E-state index >= 15 is 0 Å². The van der Waals surface area contributed by atoms with E-state index < -0.39 is 0 Å². The van der Waals surface area contributed by atoms with Crippen molar-refractivity contribution in [2.75, 3.05) is 7.11 Å². The Morgan fingerprint density at radius 1 is 1.33 bits per heavy atom. The fourth-order valence-corrected chi connectivity index (χ4v) is 2.25. The van der Waals surface area contributed by atoms with Gasteiger partial charge >= 0.3 is 5.97 Å². The zero-order valence-corrected chi connectivity index (χ0v) is 10.2. The first kappa shape index (κ1) is 10.7. The summed E-state index contributed by atoms with van der Waals surface area (Å²) in [5, 5.41) is 0. The van der Waals surface area contributed by atoms with E-state index in [9.17, 15) is 4.79 Å². The summed E-state index contributed by atoms with van der Waals surface area (Å²) in [6.45, 7) is 0. The molecule has 1 aromatic rings. The number of benzene rings is 1. The van der Waals surface area contributed by atoms with Crippen molar-refractivity contribution >= 4 is 21.9 Å². The molecule has 1 aliphatic rings. The van der Waals surface area contributed by atoms with Gasteiger partial charge in [-0.05, 0) is 36.5 Å². The van der Waals surface area contributed by atoms with Gasteiger partial charge in [0.1, 0.15) is 0 Å². The van der Waals surface area contributed by atoms with Gasteiger partial charge in [0.15, 0.2) is 0 Å². The van der Waals surface area contributed by atoms with E-state index in [1.165, 1.54) is 12.7 Å². The van der Waals surface area contributed by atoms with Crippen LogP contribution in [0.25, 0.3) is 0 Å². The van der Waals surface area contributed by atoms with Crippen LogP contribution in [0, 0.1) is 5.92 Å². The third-order valence-corrected chi connectivity index (χ3v) is 3.54. The zero-order chi connectivity index (χ0) is 10.8. The molecule has 0 aromatic heterocycles. The van der Waals surface area contributed by atoms with Crippen LogP contribution in [0.1, 0.15) is 24.3 Å². The van der Waals surface area contributed by atoms with Crippen LogP contribution in [0.3, 0.4) is 0 Å². The quantitative estimate of drug-likeness (QED) is 0.771. The number of carbonyl (C=O) groups excluding carboxylic acids is 1. The van der Waals surface area contributed by atoms with Crippen molar-refractivity contribution in [3.05, 3.63) is 34.3 Å². The highest BCUT2D eigenvalue weighted by atomic mass is 79.9. The van der Waals surface area contributed by atoms with Crippen LogP contribution in [0.15, 0.2) is 28.7 Å². The van der Waals surface area contributed by atoms with Crippen LogP contribution in [0.5, 0.6) is 0 Å². The first-order valence-electron chi connectivity index (χ1n) is 5.04. The van der Waals surface area contributed by atoms with E-state index in [2.05, 4.69) is 28.1 Å². The van der Waals surface area contributed by atoms with E-state index in [0.29, 0.717) is 5.92 Å². The van der Waals surface area contributed by atoms with E-state index in [0.717, 1.165) is 17.3 Å². The summed E-state index contributed by atoms with van der Waals surface area (Å²) in [7, 11) is 1.45. The lowest BCUT2D eigenvalue weighted by Gasteiger charge is -2.33. The summed E-state index contributed by atoms with van der Waals surface area (Å²) in [5.41, 5.74) is 1.32. The van der Waals surface area contributed by atoms with Gasteiger partial charge in [-0.1, -0.05) is 28.1 Å². The smallest absolute Gasteiger partial charge is 0.308 e. The summed E-state index contributed by atoms with van der Waals surface area (Å²) in [6, 6.07) is 8.31. The van der Waals surface area contributed by atoms with Gasteiger partial charge in [-0.25, -0.2) is 0 Å². The summed E-state index contributed by atoms with van der Waals surface area (Å²) in [5.74, 6) is 0.578. The molecule has 0 unspecified atom stereocenters. The normalized spacial score (nSPS) is 24.4. The standard InChI is InChI=1S/C12H13BrO2/c1-15-12(14)10-6-9(7-10)8-2-4-11(13)5-3-8/h2-5,9-10H,6-7H2,1H3. The Kier molecular flexibility index (Phi) is 3.10. The summed E-state index contributed by atoms with van der Waals surface area (Å²) < 4.78 is 5.80. The highest BCUT2D eigenvalue weighted by Crippen LogP contribution is 2.42. The molecule has 1 saturated carbocycles. The zero-order valence-electron chi connectivity index (χ0n) is 8.57. The number of hydrogen-bond acceptors (Lipinski definition) is 2. The third-order valence-electron chi connectivity index (χ3n) is 3.01. The average molecular weight is 269 g/mol. The largest absolute Gasteiger partial charge is 0.469 e. The van der Waals surface area contributed by atoms with Crippen molar-refractivity contribution in [1.82, 2.24) is 0 Å². The molecule has 15 heavy (non-hydrogen) atoms. The van der Waals surface area contributed by atoms with Crippen LogP contribution < -0.4 is 0 Å². The molecule has 3 heteroatoms. The summed E-state index contributed by atoms with van der Waals surface area (Å²) in [4.78, 5) is 11.2. The van der Waals surface area contributed by atoms with Crippen molar-refractivity contribution in [2.45, 2.75) is 18.8 Å². The molecule has 0 spiro atoms. The Hall–Kier alpha value is -0.830. The van der Waals surface area contributed by atoms with Crippen molar-refractivity contribution in [1.29, 1.82) is 0 Å². The predicted molar refractivity (Wildman–Crippen MR) is 61.6 cm³/mol. The molecule has 1 aliphatic carbocycles. The predicted octanol–water partition coefficient (Wildman–Crippen LogP) is 3.12. The number of ether oxygens (including phenoxy) is 1. The maximum absolute atomic E-state index is 11.2. The lowest BCUT2D eigenvalue weighted by Crippen LogP contribution is -2.29. The highest BCUT2D eigenvalue weighted by Gasteiger charge is 2.35. The molecule has 0 amide bonds. The monoisotopic (exact) mass is 268 g/mol. The second-order valence-electron chi connectivity index (χ2n) is 3.94. The number of rotatable bonds is 2. The maximum atomic E-state index is 11.2. The van der Waals surface area contributed by atoms with Crippen molar-refractivity contribution in [3.8, 4) is 0 Å². The average Bonchev–Trinajstić information content (AvgIpc) is 2.18. The number of methoxy groups -OCH3 is 1. The Labute approximate surface area is 97.8 Å². The minimum absolute atomic E-state index is 0.0663. The number of carbonyl (C=O) groups is 1. The van der Waals surface area contributed by atoms with Crippen molar-refractivity contribution in [3.63, 3.8) is 0 Å². The van der Waals surface area contributed by atoms with Gasteiger partial charge in [0.25, 0.3) is 0 Å². The molecule has 2 rings (SSSR count). The second-order valence-corrected chi connectivity index (χ2v) is 4.86. The molecule has 0 aliphatic heterocycles. The van der Waals surface area contributed by atoms with Crippen LogP contribution >= 0.6 is 15.9 Å². The molecule has 2 nitrogen and oxygen atoms in total.